The molecule has 0 heterocycles. The third-order valence-corrected chi connectivity index (χ3v) is 9.58. The SMILES string of the molecule is CCCCCCCCCCCCCCCC/C=C/OC[C@H](COP(=O)(O)OCCN)OC(=O)CCCCCCC/C=C\C=C\C(=O)CCCCC. The summed E-state index contributed by atoms with van der Waals surface area (Å²) in [7, 11) is -4.31. The molecule has 0 rings (SSSR count). The molecule has 0 aliphatic carbocycles. The highest BCUT2D eigenvalue weighted by atomic mass is 31.2. The Balaban J connectivity index is 4.18. The Morgan fingerprint density at radius 3 is 1.75 bits per heavy atom. The molecule has 298 valence electrons. The van der Waals surface area contributed by atoms with Crippen LogP contribution in [-0.2, 0) is 32.7 Å². The van der Waals surface area contributed by atoms with Gasteiger partial charge in [-0.2, -0.15) is 0 Å². The Labute approximate surface area is 312 Å². The molecule has 0 amide bonds. The van der Waals surface area contributed by atoms with Gasteiger partial charge in [-0.05, 0) is 50.7 Å². The van der Waals surface area contributed by atoms with Crippen LogP contribution in [0.3, 0.4) is 0 Å². The fourth-order valence-corrected chi connectivity index (χ4v) is 6.30. The highest BCUT2D eigenvalue weighted by Crippen LogP contribution is 2.43. The molecule has 0 bridgehead atoms. The Morgan fingerprint density at radius 2 is 1.16 bits per heavy atom. The fraction of sp³-hybridized carbons (Fsp3) is 0.805. The van der Waals surface area contributed by atoms with Gasteiger partial charge in [-0.1, -0.05) is 148 Å². The minimum Gasteiger partial charge on any atom is -0.498 e. The van der Waals surface area contributed by atoms with Crippen molar-refractivity contribution in [1.29, 1.82) is 0 Å². The van der Waals surface area contributed by atoms with Crippen LogP contribution in [0.4, 0.5) is 0 Å². The lowest BCUT2D eigenvalue weighted by atomic mass is 10.0. The number of ether oxygens (including phenoxy) is 2. The van der Waals surface area contributed by atoms with Gasteiger partial charge < -0.3 is 20.1 Å². The van der Waals surface area contributed by atoms with E-state index >= 15 is 0 Å². The van der Waals surface area contributed by atoms with Gasteiger partial charge in [-0.15, -0.1) is 0 Å². The van der Waals surface area contributed by atoms with E-state index in [1.165, 1.54) is 83.5 Å². The number of esters is 1. The molecule has 0 aromatic carbocycles. The minimum atomic E-state index is -4.31. The van der Waals surface area contributed by atoms with E-state index in [2.05, 4.69) is 19.9 Å². The molecular formula is C41H76NO8P. The van der Waals surface area contributed by atoms with Crippen molar-refractivity contribution in [3.05, 3.63) is 36.6 Å². The van der Waals surface area contributed by atoms with Crippen LogP contribution < -0.4 is 5.73 Å². The van der Waals surface area contributed by atoms with Crippen LogP contribution in [0.5, 0.6) is 0 Å². The van der Waals surface area contributed by atoms with Crippen molar-refractivity contribution in [1.82, 2.24) is 0 Å². The van der Waals surface area contributed by atoms with Gasteiger partial charge >= 0.3 is 13.8 Å². The minimum absolute atomic E-state index is 0.00753. The maximum atomic E-state index is 12.5. The summed E-state index contributed by atoms with van der Waals surface area (Å²) in [6.45, 7) is 4.03. The molecule has 0 aromatic rings. The van der Waals surface area contributed by atoms with Gasteiger partial charge in [0.2, 0.25) is 0 Å². The lowest BCUT2D eigenvalue weighted by Crippen LogP contribution is -2.27. The molecule has 0 aromatic heterocycles. The number of phosphoric acid groups is 1. The van der Waals surface area contributed by atoms with Gasteiger partial charge in [0.1, 0.15) is 6.61 Å². The van der Waals surface area contributed by atoms with Crippen molar-refractivity contribution in [2.24, 2.45) is 5.73 Å². The lowest BCUT2D eigenvalue weighted by molar-refractivity contribution is -0.153. The Hall–Kier alpha value is -1.77. The molecule has 0 saturated heterocycles. The second kappa shape index (κ2) is 38.0. The zero-order valence-corrected chi connectivity index (χ0v) is 33.5. The van der Waals surface area contributed by atoms with E-state index in [0.717, 1.165) is 64.2 Å². The summed E-state index contributed by atoms with van der Waals surface area (Å²) >= 11 is 0. The second-order valence-corrected chi connectivity index (χ2v) is 15.1. The van der Waals surface area contributed by atoms with Crippen LogP contribution in [0.15, 0.2) is 36.6 Å². The van der Waals surface area contributed by atoms with E-state index in [-0.39, 0.29) is 38.6 Å². The predicted molar refractivity (Wildman–Crippen MR) is 210 cm³/mol. The zero-order valence-electron chi connectivity index (χ0n) is 32.6. The number of ketones is 1. The van der Waals surface area contributed by atoms with E-state index in [0.29, 0.717) is 12.8 Å². The average Bonchev–Trinajstić information content (AvgIpc) is 3.11. The molecule has 1 unspecified atom stereocenters. The predicted octanol–water partition coefficient (Wildman–Crippen LogP) is 11.4. The number of hydrogen-bond acceptors (Lipinski definition) is 8. The summed E-state index contributed by atoms with van der Waals surface area (Å²) < 4.78 is 33.1. The van der Waals surface area contributed by atoms with Crippen molar-refractivity contribution >= 4 is 19.6 Å². The highest BCUT2D eigenvalue weighted by molar-refractivity contribution is 7.47. The molecule has 0 spiro atoms. The van der Waals surface area contributed by atoms with Crippen molar-refractivity contribution < 1.29 is 37.6 Å². The zero-order chi connectivity index (χ0) is 37.5. The standard InChI is InChI=1S/C41H76NO8P/c1-3-5-7-8-9-10-11-12-13-14-15-16-20-23-26-30-35-47-37-40(38-49-51(45,46)48-36-34-42)50-41(44)33-29-25-22-19-17-18-21-24-28-32-39(43)31-27-6-4-2/h21,24,28,30,32,35,40H,3-20,22-23,25-27,29,31,33-34,36-38,42H2,1-2H3,(H,45,46)/b24-21-,32-28+,35-30+/t40-/m1/s1. The first kappa shape index (κ1) is 49.2. The monoisotopic (exact) mass is 742 g/mol. The Morgan fingerprint density at radius 1 is 0.647 bits per heavy atom. The molecule has 2 atom stereocenters. The summed E-state index contributed by atoms with van der Waals surface area (Å²) in [5.41, 5.74) is 5.35. The Bertz CT molecular complexity index is 939. The maximum Gasteiger partial charge on any atom is 0.472 e. The topological polar surface area (TPSA) is 134 Å². The number of allylic oxidation sites excluding steroid dienone is 5. The molecule has 9 nitrogen and oxygen atoms in total. The first-order chi connectivity index (χ1) is 24.8. The molecule has 0 radical (unpaired) electrons. The summed E-state index contributed by atoms with van der Waals surface area (Å²) in [5.74, 6) is -0.210. The van der Waals surface area contributed by atoms with Crippen LogP contribution in [0.25, 0.3) is 0 Å². The molecule has 0 aliphatic heterocycles. The molecule has 0 saturated carbocycles. The van der Waals surface area contributed by atoms with Crippen molar-refractivity contribution in [3.8, 4) is 0 Å². The van der Waals surface area contributed by atoms with Crippen LogP contribution >= 0.6 is 7.82 Å². The van der Waals surface area contributed by atoms with Crippen molar-refractivity contribution in [2.75, 3.05) is 26.4 Å². The van der Waals surface area contributed by atoms with Gasteiger partial charge in [-0.25, -0.2) is 4.57 Å². The van der Waals surface area contributed by atoms with E-state index in [4.69, 9.17) is 24.3 Å². The molecular weight excluding hydrogens is 665 g/mol. The quantitative estimate of drug-likeness (QED) is 0.0158. The number of carbonyl (C=O) groups is 2. The summed E-state index contributed by atoms with van der Waals surface area (Å²) in [5, 5.41) is 0. The summed E-state index contributed by atoms with van der Waals surface area (Å²) in [6, 6.07) is 0. The number of phosphoric ester groups is 1. The number of unbranched alkanes of at least 4 members (excludes halogenated alkanes) is 21. The van der Waals surface area contributed by atoms with Gasteiger partial charge in [0.05, 0.1) is 19.5 Å². The average molecular weight is 742 g/mol. The number of rotatable bonds is 39. The smallest absolute Gasteiger partial charge is 0.472 e. The first-order valence-electron chi connectivity index (χ1n) is 20.5. The molecule has 0 fully saturated rings. The Kier molecular flexibility index (Phi) is 36.7. The maximum absolute atomic E-state index is 12.5. The third-order valence-electron chi connectivity index (χ3n) is 8.60. The second-order valence-electron chi connectivity index (χ2n) is 13.6. The highest BCUT2D eigenvalue weighted by Gasteiger charge is 2.25. The summed E-state index contributed by atoms with van der Waals surface area (Å²) in [6.07, 6.45) is 39.4. The molecule has 51 heavy (non-hydrogen) atoms. The van der Waals surface area contributed by atoms with Crippen LogP contribution in [0.1, 0.15) is 181 Å². The molecule has 3 N–H and O–H groups in total. The first-order valence-corrected chi connectivity index (χ1v) is 22.0. The van der Waals surface area contributed by atoms with Crippen LogP contribution in [0, 0.1) is 0 Å². The van der Waals surface area contributed by atoms with E-state index < -0.39 is 19.9 Å². The van der Waals surface area contributed by atoms with Crippen molar-refractivity contribution in [2.45, 2.75) is 187 Å². The van der Waals surface area contributed by atoms with E-state index in [1.54, 1.807) is 12.3 Å². The van der Waals surface area contributed by atoms with E-state index in [1.807, 2.05) is 18.2 Å². The molecule has 10 heteroatoms. The third kappa shape index (κ3) is 37.8. The van der Waals surface area contributed by atoms with Gasteiger partial charge in [0.15, 0.2) is 11.9 Å². The summed E-state index contributed by atoms with van der Waals surface area (Å²) in [4.78, 5) is 34.1. The van der Waals surface area contributed by atoms with Gasteiger partial charge in [-0.3, -0.25) is 18.6 Å². The number of carbonyl (C=O) groups excluding carboxylic acids is 2. The normalized spacial score (nSPS) is 13.7. The lowest BCUT2D eigenvalue weighted by Gasteiger charge is -2.19. The molecule has 0 aliphatic rings. The largest absolute Gasteiger partial charge is 0.498 e. The van der Waals surface area contributed by atoms with E-state index in [9.17, 15) is 19.0 Å². The fourth-order valence-electron chi connectivity index (χ4n) is 5.53. The number of hydrogen-bond donors (Lipinski definition) is 2. The van der Waals surface area contributed by atoms with Gasteiger partial charge in [0.25, 0.3) is 0 Å². The van der Waals surface area contributed by atoms with Crippen LogP contribution in [0.2, 0.25) is 0 Å². The van der Waals surface area contributed by atoms with Crippen molar-refractivity contribution in [3.63, 3.8) is 0 Å². The van der Waals surface area contributed by atoms with Gasteiger partial charge in [0, 0.05) is 19.4 Å². The number of nitrogens with two attached hydrogens (primary N) is 1. The van der Waals surface area contributed by atoms with Crippen LogP contribution in [-0.4, -0.2) is 49.1 Å².